The van der Waals surface area contributed by atoms with E-state index in [1.165, 1.54) is 22.2 Å². The molecule has 0 saturated carbocycles. The van der Waals surface area contributed by atoms with Gasteiger partial charge in [-0.2, -0.15) is 0 Å². The number of nitrogens with zero attached hydrogens (tertiary/aromatic N) is 1. The third kappa shape index (κ3) is 3.05. The molecule has 25 heavy (non-hydrogen) atoms. The van der Waals surface area contributed by atoms with E-state index < -0.39 is 5.97 Å². The first-order valence-electron chi connectivity index (χ1n) is 8.83. The minimum atomic E-state index is -0.789. The average Bonchev–Trinajstić information content (AvgIpc) is 2.95. The van der Waals surface area contributed by atoms with Crippen LogP contribution in [0.25, 0.3) is 10.9 Å². The Morgan fingerprint density at radius 1 is 1.12 bits per heavy atom. The Bertz CT molecular complexity index is 899. The molecule has 0 aliphatic carbocycles. The third-order valence-electron chi connectivity index (χ3n) is 5.08. The van der Waals surface area contributed by atoms with E-state index in [0.717, 1.165) is 31.3 Å². The largest absolute Gasteiger partial charge is 0.480 e. The molecule has 0 bridgehead atoms. The first-order chi connectivity index (χ1) is 12.2. The Morgan fingerprint density at radius 2 is 1.88 bits per heavy atom. The number of para-hydroxylation sites is 1. The number of aryl methyl sites for hydroxylation is 1. The minimum Gasteiger partial charge on any atom is -0.480 e. The fourth-order valence-corrected chi connectivity index (χ4v) is 4.03. The summed E-state index contributed by atoms with van der Waals surface area (Å²) in [5.41, 5.74) is 4.84. The van der Waals surface area contributed by atoms with Crippen LogP contribution in [0.4, 0.5) is 0 Å². The average molecular weight is 334 g/mol. The van der Waals surface area contributed by atoms with Crippen molar-refractivity contribution in [3.63, 3.8) is 0 Å². The molecular weight excluding hydrogens is 312 g/mol. The second-order valence-electron chi connectivity index (χ2n) is 6.64. The minimum absolute atomic E-state index is 0.0290. The Hall–Kier alpha value is -2.59. The molecular formula is C21H22N2O2. The van der Waals surface area contributed by atoms with Gasteiger partial charge in [0.25, 0.3) is 0 Å². The molecule has 0 fully saturated rings. The second kappa shape index (κ2) is 6.73. The molecule has 0 saturated heterocycles. The van der Waals surface area contributed by atoms with Gasteiger partial charge in [-0.15, -0.1) is 0 Å². The Labute approximate surface area is 147 Å². The lowest BCUT2D eigenvalue weighted by Crippen LogP contribution is -2.31. The van der Waals surface area contributed by atoms with Crippen LogP contribution in [0.2, 0.25) is 0 Å². The highest BCUT2D eigenvalue weighted by molar-refractivity contribution is 5.87. The van der Waals surface area contributed by atoms with Crippen LogP contribution in [0, 0.1) is 0 Å². The predicted molar refractivity (Wildman–Crippen MR) is 98.8 cm³/mol. The van der Waals surface area contributed by atoms with Gasteiger partial charge in [-0.25, -0.2) is 0 Å². The number of carboxylic acids is 1. The monoisotopic (exact) mass is 334 g/mol. The molecule has 1 unspecified atom stereocenters. The normalized spacial score (nSPS) is 16.7. The lowest BCUT2D eigenvalue weighted by molar-refractivity contribution is -0.137. The molecule has 4 nitrogen and oxygen atoms in total. The van der Waals surface area contributed by atoms with Gasteiger partial charge >= 0.3 is 5.97 Å². The van der Waals surface area contributed by atoms with Gasteiger partial charge in [0.05, 0.1) is 0 Å². The number of hydrogen-bond acceptors (Lipinski definition) is 2. The van der Waals surface area contributed by atoms with E-state index in [1.807, 2.05) is 28.8 Å². The maximum absolute atomic E-state index is 11.4. The van der Waals surface area contributed by atoms with E-state index in [1.54, 1.807) is 0 Å². The molecule has 4 rings (SSSR count). The van der Waals surface area contributed by atoms with Crippen molar-refractivity contribution in [2.45, 2.75) is 31.8 Å². The molecule has 4 heteroatoms. The van der Waals surface area contributed by atoms with Crippen molar-refractivity contribution in [3.05, 3.63) is 71.4 Å². The highest BCUT2D eigenvalue weighted by Gasteiger charge is 2.27. The van der Waals surface area contributed by atoms with Crippen molar-refractivity contribution in [2.75, 3.05) is 6.54 Å². The molecule has 0 amide bonds. The smallest absolute Gasteiger partial charge is 0.323 e. The molecule has 2 aromatic carbocycles. The van der Waals surface area contributed by atoms with E-state index in [4.69, 9.17) is 0 Å². The van der Waals surface area contributed by atoms with Gasteiger partial charge in [0.1, 0.15) is 6.54 Å². The lowest BCUT2D eigenvalue weighted by Gasteiger charge is -2.26. The second-order valence-corrected chi connectivity index (χ2v) is 6.64. The Kier molecular flexibility index (Phi) is 4.28. The van der Waals surface area contributed by atoms with Crippen LogP contribution in [-0.4, -0.2) is 22.2 Å². The van der Waals surface area contributed by atoms with Crippen LogP contribution in [0.5, 0.6) is 0 Å². The van der Waals surface area contributed by atoms with Crippen molar-refractivity contribution in [2.24, 2.45) is 0 Å². The number of benzene rings is 2. The van der Waals surface area contributed by atoms with Crippen LogP contribution in [-0.2, 0) is 24.2 Å². The summed E-state index contributed by atoms with van der Waals surface area (Å²) in [6.07, 6.45) is 2.90. The van der Waals surface area contributed by atoms with Crippen molar-refractivity contribution in [1.82, 2.24) is 9.88 Å². The van der Waals surface area contributed by atoms with Crippen molar-refractivity contribution in [3.8, 4) is 0 Å². The van der Waals surface area contributed by atoms with Gasteiger partial charge in [0.15, 0.2) is 0 Å². The molecule has 128 valence electrons. The SMILES string of the molecule is O=C(O)Cn1c2c(c3ccccc31)C(CCc1ccccc1)NCC2. The van der Waals surface area contributed by atoms with Gasteiger partial charge in [-0.3, -0.25) is 4.79 Å². The molecule has 0 spiro atoms. The summed E-state index contributed by atoms with van der Waals surface area (Å²) in [6.45, 7) is 0.920. The highest BCUT2D eigenvalue weighted by atomic mass is 16.4. The van der Waals surface area contributed by atoms with E-state index in [9.17, 15) is 9.90 Å². The Balaban J connectivity index is 1.72. The number of aliphatic carboxylic acids is 1. The van der Waals surface area contributed by atoms with Crippen LogP contribution in [0.3, 0.4) is 0 Å². The van der Waals surface area contributed by atoms with Crippen LogP contribution in [0.15, 0.2) is 54.6 Å². The zero-order chi connectivity index (χ0) is 17.2. The summed E-state index contributed by atoms with van der Waals surface area (Å²) in [5, 5.41) is 14.2. The molecule has 1 aliphatic rings. The summed E-state index contributed by atoms with van der Waals surface area (Å²) >= 11 is 0. The topological polar surface area (TPSA) is 54.3 Å². The highest BCUT2D eigenvalue weighted by Crippen LogP contribution is 2.35. The van der Waals surface area contributed by atoms with Crippen LogP contribution in [0.1, 0.15) is 29.3 Å². The number of aromatic nitrogens is 1. The fourth-order valence-electron chi connectivity index (χ4n) is 4.03. The lowest BCUT2D eigenvalue weighted by atomic mass is 9.93. The summed E-state index contributed by atoms with van der Waals surface area (Å²) in [6, 6.07) is 19.0. The number of nitrogens with one attached hydrogen (secondary N) is 1. The van der Waals surface area contributed by atoms with E-state index in [-0.39, 0.29) is 12.6 Å². The van der Waals surface area contributed by atoms with Crippen molar-refractivity contribution < 1.29 is 9.90 Å². The van der Waals surface area contributed by atoms with E-state index >= 15 is 0 Å². The molecule has 1 aromatic heterocycles. The number of rotatable bonds is 5. The fraction of sp³-hybridized carbons (Fsp3) is 0.286. The molecule has 3 aromatic rings. The van der Waals surface area contributed by atoms with Gasteiger partial charge in [-0.1, -0.05) is 48.5 Å². The molecule has 1 atom stereocenters. The first-order valence-corrected chi connectivity index (χ1v) is 8.83. The first kappa shape index (κ1) is 15.9. The van der Waals surface area contributed by atoms with E-state index in [2.05, 4.69) is 35.6 Å². The van der Waals surface area contributed by atoms with Crippen LogP contribution < -0.4 is 5.32 Å². The number of carbonyl (C=O) groups is 1. The summed E-state index contributed by atoms with van der Waals surface area (Å²) in [4.78, 5) is 11.4. The third-order valence-corrected chi connectivity index (χ3v) is 5.08. The maximum atomic E-state index is 11.4. The molecule has 1 aliphatic heterocycles. The van der Waals surface area contributed by atoms with Gasteiger partial charge in [0, 0.05) is 35.6 Å². The van der Waals surface area contributed by atoms with Gasteiger partial charge < -0.3 is 15.0 Å². The number of carboxylic acid groups (broad SMARTS) is 1. The van der Waals surface area contributed by atoms with Crippen molar-refractivity contribution >= 4 is 16.9 Å². The van der Waals surface area contributed by atoms with Gasteiger partial charge in [0.2, 0.25) is 0 Å². The number of hydrogen-bond donors (Lipinski definition) is 2. The molecule has 2 heterocycles. The van der Waals surface area contributed by atoms with Crippen LogP contribution >= 0.6 is 0 Å². The summed E-state index contributed by atoms with van der Waals surface area (Å²) in [5.74, 6) is -0.789. The van der Waals surface area contributed by atoms with E-state index in [0.29, 0.717) is 0 Å². The molecule has 2 N–H and O–H groups in total. The summed E-state index contributed by atoms with van der Waals surface area (Å²) in [7, 11) is 0. The van der Waals surface area contributed by atoms with Crippen molar-refractivity contribution in [1.29, 1.82) is 0 Å². The quantitative estimate of drug-likeness (QED) is 0.750. The maximum Gasteiger partial charge on any atom is 0.323 e. The van der Waals surface area contributed by atoms with Gasteiger partial charge in [-0.05, 0) is 30.0 Å². The number of fused-ring (bicyclic) bond motifs is 3. The zero-order valence-electron chi connectivity index (χ0n) is 14.1. The standard InChI is InChI=1S/C21H22N2O2/c24-20(25)14-23-18-9-5-4-8-16(18)21-17(22-13-12-19(21)23)11-10-15-6-2-1-3-7-15/h1-9,17,22H,10-14H2,(H,24,25). The zero-order valence-corrected chi connectivity index (χ0v) is 14.1. The Morgan fingerprint density at radius 3 is 2.68 bits per heavy atom. The predicted octanol–water partition coefficient (Wildman–Crippen LogP) is 3.55. The molecule has 0 radical (unpaired) electrons. The summed E-state index contributed by atoms with van der Waals surface area (Å²) < 4.78 is 1.99.